The smallest absolute Gasteiger partial charge is 0.263 e. The Labute approximate surface area is 92.8 Å². The highest BCUT2D eigenvalue weighted by Crippen LogP contribution is 2.01. The predicted molar refractivity (Wildman–Crippen MR) is 62.6 cm³/mol. The molecule has 82 valence electrons. The molecule has 0 fully saturated rings. The highest BCUT2D eigenvalue weighted by Gasteiger charge is 2.02. The average molecular weight is 216 g/mol. The Morgan fingerprint density at radius 3 is 2.69 bits per heavy atom. The highest BCUT2D eigenvalue weighted by molar-refractivity contribution is 5.79. The number of nitrogens with two attached hydrogens (primary N) is 1. The summed E-state index contributed by atoms with van der Waals surface area (Å²) >= 11 is 0. The summed E-state index contributed by atoms with van der Waals surface area (Å²) in [5.74, 6) is 6.67. The van der Waals surface area contributed by atoms with Crippen molar-refractivity contribution >= 4 is 12.2 Å². The van der Waals surface area contributed by atoms with Gasteiger partial charge < -0.3 is 5.84 Å². The Morgan fingerprint density at radius 1 is 1.31 bits per heavy atom. The lowest BCUT2D eigenvalue weighted by molar-refractivity contribution is 0.926. The van der Waals surface area contributed by atoms with Gasteiger partial charge in [0.05, 0.1) is 6.21 Å². The number of nitrogens with zero attached hydrogens (tertiary/aromatic N) is 4. The molecular formula is C10H12N6. The summed E-state index contributed by atoms with van der Waals surface area (Å²) < 4.78 is 1.34. The normalized spacial score (nSPS) is 10.8. The average Bonchev–Trinajstić information content (AvgIpc) is 2.62. The first-order chi connectivity index (χ1) is 7.77. The van der Waals surface area contributed by atoms with Gasteiger partial charge in [0.15, 0.2) is 5.82 Å². The molecule has 0 atom stereocenters. The van der Waals surface area contributed by atoms with Crippen molar-refractivity contribution < 1.29 is 0 Å². The van der Waals surface area contributed by atoms with Crippen molar-refractivity contribution in [1.82, 2.24) is 14.9 Å². The molecule has 0 aliphatic heterocycles. The number of aromatic nitrogens is 3. The Morgan fingerprint density at radius 2 is 2.06 bits per heavy atom. The van der Waals surface area contributed by atoms with Gasteiger partial charge in [-0.15, -0.1) is 10.2 Å². The van der Waals surface area contributed by atoms with Crippen LogP contribution in [-0.4, -0.2) is 21.1 Å². The van der Waals surface area contributed by atoms with Crippen molar-refractivity contribution in [3.63, 3.8) is 0 Å². The molecule has 0 aliphatic rings. The lowest BCUT2D eigenvalue weighted by Crippen LogP contribution is -2.13. The summed E-state index contributed by atoms with van der Waals surface area (Å²) in [7, 11) is 0. The first-order valence-corrected chi connectivity index (χ1v) is 4.78. The van der Waals surface area contributed by atoms with E-state index in [2.05, 4.69) is 20.7 Å². The van der Waals surface area contributed by atoms with E-state index in [1.807, 2.05) is 30.3 Å². The minimum atomic E-state index is 0.407. The first-order valence-electron chi connectivity index (χ1n) is 4.78. The molecule has 0 spiro atoms. The van der Waals surface area contributed by atoms with E-state index < -0.39 is 0 Å². The lowest BCUT2D eigenvalue weighted by atomic mass is 10.2. The van der Waals surface area contributed by atoms with Crippen LogP contribution in [0.5, 0.6) is 0 Å². The fraction of sp³-hybridized carbons (Fsp3) is 0.100. The zero-order valence-corrected chi connectivity index (χ0v) is 8.83. The molecule has 1 aromatic carbocycles. The highest BCUT2D eigenvalue weighted by atomic mass is 15.5. The Balaban J connectivity index is 2.03. The number of hydrogen-bond acceptors (Lipinski definition) is 5. The van der Waals surface area contributed by atoms with E-state index >= 15 is 0 Å². The molecule has 2 rings (SSSR count). The van der Waals surface area contributed by atoms with E-state index in [-0.39, 0.29) is 0 Å². The van der Waals surface area contributed by atoms with Crippen LogP contribution >= 0.6 is 0 Å². The van der Waals surface area contributed by atoms with Crippen molar-refractivity contribution in [1.29, 1.82) is 0 Å². The fourth-order valence-corrected chi connectivity index (χ4v) is 1.15. The van der Waals surface area contributed by atoms with Gasteiger partial charge >= 0.3 is 0 Å². The van der Waals surface area contributed by atoms with Gasteiger partial charge in [-0.05, 0) is 12.5 Å². The molecule has 6 heteroatoms. The van der Waals surface area contributed by atoms with Crippen LogP contribution in [0.2, 0.25) is 0 Å². The molecule has 0 saturated carbocycles. The van der Waals surface area contributed by atoms with E-state index in [1.165, 1.54) is 4.68 Å². The second-order valence-corrected chi connectivity index (χ2v) is 3.22. The maximum atomic E-state index is 5.64. The molecule has 0 amide bonds. The second-order valence-electron chi connectivity index (χ2n) is 3.22. The number of rotatable bonds is 3. The molecule has 16 heavy (non-hydrogen) atoms. The summed E-state index contributed by atoms with van der Waals surface area (Å²) in [6.07, 6.45) is 1.68. The summed E-state index contributed by atoms with van der Waals surface area (Å²) in [5, 5.41) is 11.6. The number of nitrogen functional groups attached to an aromatic ring is 1. The van der Waals surface area contributed by atoms with Gasteiger partial charge in [-0.1, -0.05) is 30.3 Å². The fourth-order valence-electron chi connectivity index (χ4n) is 1.15. The minimum Gasteiger partial charge on any atom is -0.335 e. The number of hydrogen-bond donors (Lipinski definition) is 2. The van der Waals surface area contributed by atoms with Crippen molar-refractivity contribution in [2.75, 3.05) is 11.3 Å². The SMILES string of the molecule is Cc1nnc(N/N=C\c2ccccc2)n1N. The van der Waals surface area contributed by atoms with Crippen LogP contribution in [0.15, 0.2) is 35.4 Å². The molecule has 0 aliphatic carbocycles. The Bertz CT molecular complexity index is 487. The molecule has 0 unspecified atom stereocenters. The van der Waals surface area contributed by atoms with Crippen LogP contribution in [0.25, 0.3) is 0 Å². The minimum absolute atomic E-state index is 0.407. The number of nitrogens with one attached hydrogen (secondary N) is 1. The number of anilines is 1. The van der Waals surface area contributed by atoms with Gasteiger partial charge in [0.25, 0.3) is 5.95 Å². The maximum Gasteiger partial charge on any atom is 0.263 e. The number of benzene rings is 1. The lowest BCUT2D eigenvalue weighted by Gasteiger charge is -1.98. The zero-order chi connectivity index (χ0) is 11.4. The quantitative estimate of drug-likeness (QED) is 0.450. The molecule has 1 aromatic heterocycles. The van der Waals surface area contributed by atoms with Gasteiger partial charge in [-0.2, -0.15) is 5.10 Å². The number of hydrazone groups is 1. The van der Waals surface area contributed by atoms with E-state index in [4.69, 9.17) is 5.84 Å². The van der Waals surface area contributed by atoms with Crippen molar-refractivity contribution in [2.24, 2.45) is 5.10 Å². The summed E-state index contributed by atoms with van der Waals surface area (Å²) in [4.78, 5) is 0. The van der Waals surface area contributed by atoms with Crippen molar-refractivity contribution in [3.05, 3.63) is 41.7 Å². The third-order valence-corrected chi connectivity index (χ3v) is 2.04. The van der Waals surface area contributed by atoms with Gasteiger partial charge in [-0.3, -0.25) is 0 Å². The van der Waals surface area contributed by atoms with Crippen molar-refractivity contribution in [2.45, 2.75) is 6.92 Å². The maximum absolute atomic E-state index is 5.64. The van der Waals surface area contributed by atoms with Crippen LogP contribution in [0.1, 0.15) is 11.4 Å². The van der Waals surface area contributed by atoms with E-state index in [1.54, 1.807) is 13.1 Å². The number of aryl methyl sites for hydroxylation is 1. The standard InChI is InChI=1S/C10H12N6/c1-8-13-15-10(16(8)11)14-12-7-9-5-3-2-4-6-9/h2-7H,11H2,1H3,(H,14,15)/b12-7-. The van der Waals surface area contributed by atoms with E-state index in [0.717, 1.165) is 5.56 Å². The van der Waals surface area contributed by atoms with E-state index in [9.17, 15) is 0 Å². The molecule has 6 nitrogen and oxygen atoms in total. The molecule has 3 N–H and O–H groups in total. The largest absolute Gasteiger partial charge is 0.335 e. The molecular weight excluding hydrogens is 204 g/mol. The van der Waals surface area contributed by atoms with E-state index in [0.29, 0.717) is 11.8 Å². The molecule has 0 bridgehead atoms. The third-order valence-electron chi connectivity index (χ3n) is 2.04. The molecule has 0 saturated heterocycles. The van der Waals surface area contributed by atoms with Gasteiger partial charge in [0.1, 0.15) is 0 Å². The van der Waals surface area contributed by atoms with Gasteiger partial charge in [0.2, 0.25) is 0 Å². The topological polar surface area (TPSA) is 81.1 Å². The van der Waals surface area contributed by atoms with Crippen molar-refractivity contribution in [3.8, 4) is 0 Å². The predicted octanol–water partition coefficient (Wildman–Crippen LogP) is 0.746. The van der Waals surface area contributed by atoms with Crippen LogP contribution < -0.4 is 11.3 Å². The van der Waals surface area contributed by atoms with Crippen LogP contribution in [0.3, 0.4) is 0 Å². The van der Waals surface area contributed by atoms with Crippen LogP contribution in [-0.2, 0) is 0 Å². The summed E-state index contributed by atoms with van der Waals surface area (Å²) in [6.45, 7) is 1.76. The van der Waals surface area contributed by atoms with Crippen LogP contribution in [0, 0.1) is 6.92 Å². The molecule has 2 aromatic rings. The van der Waals surface area contributed by atoms with Crippen LogP contribution in [0.4, 0.5) is 5.95 Å². The summed E-state index contributed by atoms with van der Waals surface area (Å²) in [5.41, 5.74) is 3.71. The second kappa shape index (κ2) is 4.43. The van der Waals surface area contributed by atoms with Gasteiger partial charge in [0, 0.05) is 0 Å². The third kappa shape index (κ3) is 2.17. The summed E-state index contributed by atoms with van der Waals surface area (Å²) in [6, 6.07) is 9.73. The zero-order valence-electron chi connectivity index (χ0n) is 8.83. The van der Waals surface area contributed by atoms with Gasteiger partial charge in [-0.25, -0.2) is 10.1 Å². The Kier molecular flexibility index (Phi) is 2.81. The first kappa shape index (κ1) is 10.2. The monoisotopic (exact) mass is 216 g/mol. The Hall–Kier alpha value is -2.37. The molecule has 0 radical (unpaired) electrons. The molecule has 1 heterocycles.